The summed E-state index contributed by atoms with van der Waals surface area (Å²) >= 11 is 0. The van der Waals surface area contributed by atoms with Gasteiger partial charge in [0, 0.05) is 11.6 Å². The maximum absolute atomic E-state index is 12.5. The summed E-state index contributed by atoms with van der Waals surface area (Å²) in [5.74, 6) is -0.812. The average Bonchev–Trinajstić information content (AvgIpc) is 2.79. The fraction of sp³-hybridized carbons (Fsp3) is 0.500. The Kier molecular flexibility index (Phi) is 4.62. The van der Waals surface area contributed by atoms with Crippen LogP contribution in [0.3, 0.4) is 0 Å². The van der Waals surface area contributed by atoms with Gasteiger partial charge in [-0.05, 0) is 38.5 Å². The molecule has 1 saturated heterocycles. The SMILES string of the molecule is CC(C)NC(=O)c1cccc(S(=O)(=O)C2CCS(=O)(=O)C2)c1. The number of carbonyl (C=O) groups is 1. The lowest BCUT2D eigenvalue weighted by molar-refractivity contribution is 0.0943. The van der Waals surface area contributed by atoms with Crippen LogP contribution in [0, 0.1) is 0 Å². The Labute approximate surface area is 130 Å². The Bertz CT molecular complexity index is 781. The molecule has 1 amide bonds. The van der Waals surface area contributed by atoms with Gasteiger partial charge < -0.3 is 5.32 Å². The van der Waals surface area contributed by atoms with E-state index in [0.717, 1.165) is 0 Å². The first-order valence-corrected chi connectivity index (χ1v) is 10.3. The molecular weight excluding hydrogens is 326 g/mol. The molecule has 122 valence electrons. The fourth-order valence-electron chi connectivity index (χ4n) is 2.36. The molecule has 1 heterocycles. The topological polar surface area (TPSA) is 97.4 Å². The van der Waals surface area contributed by atoms with Crippen molar-refractivity contribution in [2.75, 3.05) is 11.5 Å². The number of hydrogen-bond donors (Lipinski definition) is 1. The van der Waals surface area contributed by atoms with Gasteiger partial charge >= 0.3 is 0 Å². The molecule has 1 unspecified atom stereocenters. The van der Waals surface area contributed by atoms with E-state index < -0.39 is 24.9 Å². The summed E-state index contributed by atoms with van der Waals surface area (Å²) in [4.78, 5) is 11.9. The largest absolute Gasteiger partial charge is 0.350 e. The Morgan fingerprint density at radius 2 is 2.00 bits per heavy atom. The van der Waals surface area contributed by atoms with Gasteiger partial charge in [-0.3, -0.25) is 4.79 Å². The molecule has 2 rings (SSSR count). The van der Waals surface area contributed by atoms with Crippen LogP contribution in [-0.2, 0) is 19.7 Å². The van der Waals surface area contributed by atoms with Crippen LogP contribution < -0.4 is 5.32 Å². The molecule has 8 heteroatoms. The minimum Gasteiger partial charge on any atom is -0.350 e. The van der Waals surface area contributed by atoms with E-state index >= 15 is 0 Å². The third kappa shape index (κ3) is 3.67. The van der Waals surface area contributed by atoms with Crippen LogP contribution in [-0.4, -0.2) is 45.5 Å². The quantitative estimate of drug-likeness (QED) is 0.870. The highest BCUT2D eigenvalue weighted by Gasteiger charge is 2.38. The number of hydrogen-bond acceptors (Lipinski definition) is 5. The van der Waals surface area contributed by atoms with Gasteiger partial charge in [-0.15, -0.1) is 0 Å². The van der Waals surface area contributed by atoms with Gasteiger partial charge in [0.2, 0.25) is 0 Å². The van der Waals surface area contributed by atoms with E-state index in [-0.39, 0.29) is 40.3 Å². The molecule has 0 spiro atoms. The lowest BCUT2D eigenvalue weighted by atomic mass is 10.2. The zero-order valence-electron chi connectivity index (χ0n) is 12.4. The van der Waals surface area contributed by atoms with Gasteiger partial charge in [0.15, 0.2) is 19.7 Å². The van der Waals surface area contributed by atoms with Crippen molar-refractivity contribution in [3.63, 3.8) is 0 Å². The van der Waals surface area contributed by atoms with Crippen molar-refractivity contribution in [2.24, 2.45) is 0 Å². The maximum atomic E-state index is 12.5. The normalized spacial score (nSPS) is 21.0. The van der Waals surface area contributed by atoms with Crippen molar-refractivity contribution >= 4 is 25.6 Å². The number of amides is 1. The Morgan fingerprint density at radius 3 is 2.55 bits per heavy atom. The Hall–Kier alpha value is -1.41. The molecule has 0 bridgehead atoms. The van der Waals surface area contributed by atoms with Gasteiger partial charge in [0.1, 0.15) is 0 Å². The molecule has 0 saturated carbocycles. The zero-order chi connectivity index (χ0) is 16.5. The zero-order valence-corrected chi connectivity index (χ0v) is 14.1. The van der Waals surface area contributed by atoms with E-state index in [9.17, 15) is 21.6 Å². The lowest BCUT2D eigenvalue weighted by Gasteiger charge is -2.12. The van der Waals surface area contributed by atoms with Crippen molar-refractivity contribution < 1.29 is 21.6 Å². The maximum Gasteiger partial charge on any atom is 0.251 e. The summed E-state index contributed by atoms with van der Waals surface area (Å²) in [6, 6.07) is 5.66. The first-order chi connectivity index (χ1) is 10.1. The number of benzene rings is 1. The molecule has 1 aliphatic heterocycles. The molecule has 1 aromatic rings. The number of rotatable bonds is 4. The molecule has 22 heavy (non-hydrogen) atoms. The van der Waals surface area contributed by atoms with E-state index in [1.165, 1.54) is 24.3 Å². The van der Waals surface area contributed by atoms with Gasteiger partial charge in [-0.25, -0.2) is 16.8 Å². The molecule has 0 aromatic heterocycles. The molecule has 6 nitrogen and oxygen atoms in total. The van der Waals surface area contributed by atoms with Crippen molar-refractivity contribution in [3.05, 3.63) is 29.8 Å². The van der Waals surface area contributed by atoms with Crippen LogP contribution in [0.5, 0.6) is 0 Å². The van der Waals surface area contributed by atoms with Crippen molar-refractivity contribution in [1.29, 1.82) is 0 Å². The van der Waals surface area contributed by atoms with Crippen LogP contribution in [0.25, 0.3) is 0 Å². The van der Waals surface area contributed by atoms with E-state index in [1.807, 2.05) is 13.8 Å². The highest BCUT2D eigenvalue weighted by Crippen LogP contribution is 2.25. The smallest absolute Gasteiger partial charge is 0.251 e. The standard InChI is InChI=1S/C14H19NO5S2/c1-10(2)15-14(16)11-4-3-5-12(8-11)22(19,20)13-6-7-21(17,18)9-13/h3-5,8,10,13H,6-7,9H2,1-2H3,(H,15,16). The highest BCUT2D eigenvalue weighted by molar-refractivity contribution is 7.96. The summed E-state index contributed by atoms with van der Waals surface area (Å²) < 4.78 is 48.0. The minimum atomic E-state index is -3.75. The van der Waals surface area contributed by atoms with E-state index in [2.05, 4.69) is 5.32 Å². The monoisotopic (exact) mass is 345 g/mol. The number of carbonyl (C=O) groups excluding carboxylic acids is 1. The Morgan fingerprint density at radius 1 is 1.32 bits per heavy atom. The van der Waals surface area contributed by atoms with Crippen LogP contribution >= 0.6 is 0 Å². The predicted molar refractivity (Wildman–Crippen MR) is 83.3 cm³/mol. The number of sulfone groups is 2. The fourth-order valence-corrected chi connectivity index (χ4v) is 6.76. The summed E-state index contributed by atoms with van der Waals surface area (Å²) in [5, 5.41) is 1.76. The molecular formula is C14H19NO5S2. The van der Waals surface area contributed by atoms with Crippen LogP contribution in [0.4, 0.5) is 0 Å². The molecule has 1 N–H and O–H groups in total. The molecule has 0 radical (unpaired) electrons. The first kappa shape index (κ1) is 17.0. The van der Waals surface area contributed by atoms with Crippen LogP contribution in [0.1, 0.15) is 30.6 Å². The summed E-state index contributed by atoms with van der Waals surface area (Å²) in [6.45, 7) is 3.61. The molecule has 1 aliphatic rings. The van der Waals surface area contributed by atoms with Gasteiger partial charge in [0.25, 0.3) is 5.91 Å². The molecule has 1 atom stereocenters. The van der Waals surface area contributed by atoms with Crippen molar-refractivity contribution in [3.8, 4) is 0 Å². The third-order valence-electron chi connectivity index (χ3n) is 3.47. The second kappa shape index (κ2) is 6.00. The lowest BCUT2D eigenvalue weighted by Crippen LogP contribution is -2.30. The highest BCUT2D eigenvalue weighted by atomic mass is 32.2. The summed E-state index contributed by atoms with van der Waals surface area (Å²) in [6.07, 6.45) is 0.104. The van der Waals surface area contributed by atoms with Crippen molar-refractivity contribution in [2.45, 2.75) is 36.5 Å². The average molecular weight is 345 g/mol. The van der Waals surface area contributed by atoms with Crippen molar-refractivity contribution in [1.82, 2.24) is 5.32 Å². The Balaban J connectivity index is 2.31. The van der Waals surface area contributed by atoms with Gasteiger partial charge in [0.05, 0.1) is 21.7 Å². The molecule has 1 aromatic carbocycles. The molecule has 1 fully saturated rings. The first-order valence-electron chi connectivity index (χ1n) is 6.97. The number of nitrogens with one attached hydrogen (secondary N) is 1. The molecule has 0 aliphatic carbocycles. The van der Waals surface area contributed by atoms with E-state index in [0.29, 0.717) is 0 Å². The van der Waals surface area contributed by atoms with Gasteiger partial charge in [-0.1, -0.05) is 6.07 Å². The van der Waals surface area contributed by atoms with E-state index in [1.54, 1.807) is 0 Å². The summed E-state index contributed by atoms with van der Waals surface area (Å²) in [5.41, 5.74) is 0.246. The van der Waals surface area contributed by atoms with Gasteiger partial charge in [-0.2, -0.15) is 0 Å². The second-order valence-corrected chi connectivity index (χ2v) is 10.2. The minimum absolute atomic E-state index is 0.00833. The third-order valence-corrected chi connectivity index (χ3v) is 7.64. The second-order valence-electron chi connectivity index (χ2n) is 5.73. The van der Waals surface area contributed by atoms with E-state index in [4.69, 9.17) is 0 Å². The summed E-state index contributed by atoms with van der Waals surface area (Å²) in [7, 11) is -7.04. The predicted octanol–water partition coefficient (Wildman–Crippen LogP) is 0.786. The van der Waals surface area contributed by atoms with Crippen LogP contribution in [0.2, 0.25) is 0 Å². The van der Waals surface area contributed by atoms with Crippen LogP contribution in [0.15, 0.2) is 29.2 Å².